The Morgan fingerprint density at radius 2 is 2.00 bits per heavy atom. The molecule has 0 saturated heterocycles. The lowest BCUT2D eigenvalue weighted by atomic mass is 10.2. The van der Waals surface area contributed by atoms with Crippen LogP contribution in [0.4, 0.5) is 5.69 Å². The molecule has 1 nitrogen and oxygen atoms in total. The van der Waals surface area contributed by atoms with Gasteiger partial charge in [-0.05, 0) is 42.3 Å². The van der Waals surface area contributed by atoms with E-state index in [0.29, 0.717) is 0 Å². The van der Waals surface area contributed by atoms with Crippen molar-refractivity contribution in [3.8, 4) is 0 Å². The smallest absolute Gasteiger partial charge is 0.0325 e. The highest BCUT2D eigenvalue weighted by molar-refractivity contribution is 9.10. The van der Waals surface area contributed by atoms with E-state index in [9.17, 15) is 0 Å². The van der Waals surface area contributed by atoms with E-state index < -0.39 is 0 Å². The Hall–Kier alpha value is -0.930. The SMILES string of the molecule is Cc1ccc(N)cc1SCc1cccc(Br)c1. The molecule has 88 valence electrons. The molecule has 0 fully saturated rings. The van der Waals surface area contributed by atoms with E-state index in [1.54, 1.807) is 0 Å². The minimum Gasteiger partial charge on any atom is -0.399 e. The minimum absolute atomic E-state index is 0.826. The molecule has 0 radical (unpaired) electrons. The van der Waals surface area contributed by atoms with Crippen LogP contribution in [0.5, 0.6) is 0 Å². The van der Waals surface area contributed by atoms with E-state index in [0.717, 1.165) is 15.9 Å². The molecule has 17 heavy (non-hydrogen) atoms. The van der Waals surface area contributed by atoms with Crippen LogP contribution < -0.4 is 5.73 Å². The number of thioether (sulfide) groups is 1. The van der Waals surface area contributed by atoms with Crippen molar-refractivity contribution in [1.82, 2.24) is 0 Å². The number of rotatable bonds is 3. The Morgan fingerprint density at radius 1 is 1.18 bits per heavy atom. The maximum Gasteiger partial charge on any atom is 0.0325 e. The third-order valence-electron chi connectivity index (χ3n) is 2.50. The first-order chi connectivity index (χ1) is 8.15. The molecule has 2 aromatic rings. The number of anilines is 1. The second kappa shape index (κ2) is 5.61. The van der Waals surface area contributed by atoms with Gasteiger partial charge in [-0.25, -0.2) is 0 Å². The van der Waals surface area contributed by atoms with Crippen molar-refractivity contribution in [1.29, 1.82) is 0 Å². The fraction of sp³-hybridized carbons (Fsp3) is 0.143. The van der Waals surface area contributed by atoms with Crippen LogP contribution in [-0.4, -0.2) is 0 Å². The summed E-state index contributed by atoms with van der Waals surface area (Å²) < 4.78 is 1.12. The second-order valence-electron chi connectivity index (χ2n) is 3.94. The molecular formula is C14H14BrNS. The van der Waals surface area contributed by atoms with Gasteiger partial charge in [0.1, 0.15) is 0 Å². The number of hydrogen-bond acceptors (Lipinski definition) is 2. The van der Waals surface area contributed by atoms with Crippen molar-refractivity contribution in [3.05, 3.63) is 58.1 Å². The summed E-state index contributed by atoms with van der Waals surface area (Å²) in [6.45, 7) is 2.11. The Bertz CT molecular complexity index is 525. The van der Waals surface area contributed by atoms with Crippen molar-refractivity contribution in [2.75, 3.05) is 5.73 Å². The lowest BCUT2D eigenvalue weighted by molar-refractivity contribution is 1.29. The third-order valence-corrected chi connectivity index (χ3v) is 4.22. The summed E-state index contributed by atoms with van der Waals surface area (Å²) in [5, 5.41) is 0. The highest BCUT2D eigenvalue weighted by Gasteiger charge is 2.01. The molecular weight excluding hydrogens is 294 g/mol. The van der Waals surface area contributed by atoms with E-state index in [1.807, 2.05) is 30.0 Å². The predicted molar refractivity (Wildman–Crippen MR) is 79.3 cm³/mol. The molecule has 0 spiro atoms. The normalized spacial score (nSPS) is 10.5. The predicted octanol–water partition coefficient (Wildman–Crippen LogP) is 4.63. The van der Waals surface area contributed by atoms with Gasteiger partial charge >= 0.3 is 0 Å². The van der Waals surface area contributed by atoms with E-state index in [2.05, 4.69) is 47.1 Å². The maximum atomic E-state index is 5.80. The summed E-state index contributed by atoms with van der Waals surface area (Å²) in [4.78, 5) is 1.25. The van der Waals surface area contributed by atoms with Crippen LogP contribution in [0.25, 0.3) is 0 Å². The van der Waals surface area contributed by atoms with E-state index in [4.69, 9.17) is 5.73 Å². The number of nitrogen functional groups attached to an aromatic ring is 1. The van der Waals surface area contributed by atoms with Crippen LogP contribution in [0, 0.1) is 6.92 Å². The van der Waals surface area contributed by atoms with E-state index in [-0.39, 0.29) is 0 Å². The molecule has 2 rings (SSSR count). The van der Waals surface area contributed by atoms with Gasteiger partial charge in [0.2, 0.25) is 0 Å². The molecule has 2 aromatic carbocycles. The van der Waals surface area contributed by atoms with Gasteiger partial charge in [0.05, 0.1) is 0 Å². The van der Waals surface area contributed by atoms with Crippen molar-refractivity contribution < 1.29 is 0 Å². The summed E-state index contributed by atoms with van der Waals surface area (Å²) in [6.07, 6.45) is 0. The van der Waals surface area contributed by atoms with Crippen molar-refractivity contribution in [2.45, 2.75) is 17.6 Å². The summed E-state index contributed by atoms with van der Waals surface area (Å²) >= 11 is 5.31. The van der Waals surface area contributed by atoms with Crippen LogP contribution in [0.1, 0.15) is 11.1 Å². The summed E-state index contributed by atoms with van der Waals surface area (Å²) in [5.74, 6) is 0.962. The molecule has 0 saturated carbocycles. The second-order valence-corrected chi connectivity index (χ2v) is 5.88. The summed E-state index contributed by atoms with van der Waals surface area (Å²) in [6, 6.07) is 14.4. The van der Waals surface area contributed by atoms with E-state index in [1.165, 1.54) is 16.0 Å². The highest BCUT2D eigenvalue weighted by Crippen LogP contribution is 2.28. The quantitative estimate of drug-likeness (QED) is 0.661. The van der Waals surface area contributed by atoms with Crippen LogP contribution in [-0.2, 0) is 5.75 Å². The lowest BCUT2D eigenvalue weighted by Gasteiger charge is -2.07. The number of hydrogen-bond donors (Lipinski definition) is 1. The van der Waals surface area contributed by atoms with Gasteiger partial charge in [-0.1, -0.05) is 34.1 Å². The van der Waals surface area contributed by atoms with E-state index >= 15 is 0 Å². The Kier molecular flexibility index (Phi) is 4.13. The molecule has 0 atom stereocenters. The highest BCUT2D eigenvalue weighted by atomic mass is 79.9. The zero-order chi connectivity index (χ0) is 12.3. The Labute approximate surface area is 115 Å². The number of nitrogens with two attached hydrogens (primary N) is 1. The largest absolute Gasteiger partial charge is 0.399 e. The number of halogens is 1. The van der Waals surface area contributed by atoms with Crippen LogP contribution in [0.3, 0.4) is 0 Å². The van der Waals surface area contributed by atoms with Gasteiger partial charge in [0.15, 0.2) is 0 Å². The monoisotopic (exact) mass is 307 g/mol. The molecule has 0 aliphatic rings. The van der Waals surface area contributed by atoms with Crippen LogP contribution in [0.15, 0.2) is 51.8 Å². The molecule has 0 aromatic heterocycles. The fourth-order valence-electron chi connectivity index (χ4n) is 1.56. The topological polar surface area (TPSA) is 26.0 Å². The standard InChI is InChI=1S/C14H14BrNS/c1-10-5-6-13(16)8-14(10)17-9-11-3-2-4-12(15)7-11/h2-8H,9,16H2,1H3. The molecule has 0 unspecified atom stereocenters. The summed E-state index contributed by atoms with van der Waals surface area (Å²) in [7, 11) is 0. The zero-order valence-electron chi connectivity index (χ0n) is 9.61. The van der Waals surface area contributed by atoms with Crippen molar-refractivity contribution in [3.63, 3.8) is 0 Å². The Balaban J connectivity index is 2.09. The first-order valence-electron chi connectivity index (χ1n) is 5.38. The minimum atomic E-state index is 0.826. The van der Waals surface area contributed by atoms with Gasteiger partial charge < -0.3 is 5.73 Å². The molecule has 3 heteroatoms. The molecule has 0 bridgehead atoms. The molecule has 0 aliphatic heterocycles. The first-order valence-corrected chi connectivity index (χ1v) is 7.16. The number of benzene rings is 2. The maximum absolute atomic E-state index is 5.80. The van der Waals surface area contributed by atoms with Crippen molar-refractivity contribution >= 4 is 33.4 Å². The van der Waals surface area contributed by atoms with Gasteiger partial charge in [0.25, 0.3) is 0 Å². The number of aryl methyl sites for hydroxylation is 1. The van der Waals surface area contributed by atoms with Crippen LogP contribution >= 0.6 is 27.7 Å². The third kappa shape index (κ3) is 3.51. The van der Waals surface area contributed by atoms with Gasteiger partial charge in [0, 0.05) is 20.8 Å². The zero-order valence-corrected chi connectivity index (χ0v) is 12.0. The fourth-order valence-corrected chi connectivity index (χ4v) is 3.02. The van der Waals surface area contributed by atoms with Crippen molar-refractivity contribution in [2.24, 2.45) is 0 Å². The molecule has 0 aliphatic carbocycles. The average Bonchev–Trinajstić information content (AvgIpc) is 2.30. The van der Waals surface area contributed by atoms with Crippen LogP contribution in [0.2, 0.25) is 0 Å². The van der Waals surface area contributed by atoms with Gasteiger partial charge in [-0.2, -0.15) is 0 Å². The molecule has 0 heterocycles. The lowest BCUT2D eigenvalue weighted by Crippen LogP contribution is -1.88. The van der Waals surface area contributed by atoms with Gasteiger partial charge in [-0.3, -0.25) is 0 Å². The molecule has 0 amide bonds. The molecule has 2 N–H and O–H groups in total. The van der Waals surface area contributed by atoms with Gasteiger partial charge in [-0.15, -0.1) is 11.8 Å². The Morgan fingerprint density at radius 3 is 2.76 bits per heavy atom. The first kappa shape index (κ1) is 12.5. The average molecular weight is 308 g/mol. The summed E-state index contributed by atoms with van der Waals surface area (Å²) in [5.41, 5.74) is 9.21.